The predicted octanol–water partition coefficient (Wildman–Crippen LogP) is 3.70. The van der Waals surface area contributed by atoms with Gasteiger partial charge in [-0.15, -0.1) is 0 Å². The Hall–Kier alpha value is -3.92. The van der Waals surface area contributed by atoms with Gasteiger partial charge < -0.3 is 30.1 Å². The van der Waals surface area contributed by atoms with E-state index in [1.807, 2.05) is 37.2 Å². The molecule has 2 N–H and O–H groups in total. The highest BCUT2D eigenvalue weighted by Gasteiger charge is 2.20. The first-order valence-corrected chi connectivity index (χ1v) is 11.9. The van der Waals surface area contributed by atoms with E-state index in [1.165, 1.54) is 13.1 Å². The Morgan fingerprint density at radius 1 is 1.08 bits per heavy atom. The van der Waals surface area contributed by atoms with Gasteiger partial charge in [0.05, 0.1) is 24.0 Å². The van der Waals surface area contributed by atoms with E-state index in [1.54, 1.807) is 13.3 Å². The molecule has 4 rings (SSSR count). The second-order valence-electron chi connectivity index (χ2n) is 9.16. The number of pyridine rings is 1. The van der Waals surface area contributed by atoms with Gasteiger partial charge >= 0.3 is 0 Å². The van der Waals surface area contributed by atoms with Crippen LogP contribution in [0.4, 0.5) is 34.6 Å². The molecule has 0 radical (unpaired) electrons. The Morgan fingerprint density at radius 3 is 2.50 bits per heavy atom. The summed E-state index contributed by atoms with van der Waals surface area (Å²) in [6.07, 6.45) is 3.25. The second kappa shape index (κ2) is 10.8. The number of ketones is 1. The molecule has 10 heteroatoms. The van der Waals surface area contributed by atoms with Crippen LogP contribution in [-0.2, 0) is 0 Å². The number of carbonyl (C=O) groups is 1. The third-order valence-electron chi connectivity index (χ3n) is 6.24. The van der Waals surface area contributed by atoms with E-state index in [4.69, 9.17) is 4.74 Å². The van der Waals surface area contributed by atoms with E-state index < -0.39 is 0 Å². The number of aryl methyl sites for hydroxylation is 1. The lowest BCUT2D eigenvalue weighted by Crippen LogP contribution is -2.44. The molecule has 1 saturated heterocycles. The lowest BCUT2D eigenvalue weighted by molar-refractivity contribution is 0.101. The number of ether oxygens (including phenoxy) is 1. The number of anilines is 6. The van der Waals surface area contributed by atoms with Gasteiger partial charge in [-0.05, 0) is 44.7 Å². The monoisotopic (exact) mass is 490 g/mol. The fourth-order valence-electron chi connectivity index (χ4n) is 4.23. The summed E-state index contributed by atoms with van der Waals surface area (Å²) < 4.78 is 5.72. The number of nitrogens with zero attached hydrogens (tertiary/aromatic N) is 6. The van der Waals surface area contributed by atoms with E-state index in [2.05, 4.69) is 55.4 Å². The molecular formula is C26H34N8O2. The van der Waals surface area contributed by atoms with Crippen molar-refractivity contribution in [2.24, 2.45) is 0 Å². The first-order chi connectivity index (χ1) is 17.3. The fourth-order valence-corrected chi connectivity index (χ4v) is 4.23. The first kappa shape index (κ1) is 25.2. The van der Waals surface area contributed by atoms with Crippen molar-refractivity contribution in [3.63, 3.8) is 0 Å². The third-order valence-corrected chi connectivity index (χ3v) is 6.24. The Kier molecular flexibility index (Phi) is 7.54. The number of rotatable bonds is 8. The number of methoxy groups -OCH3 is 1. The molecule has 10 nitrogen and oxygen atoms in total. The number of likely N-dealkylation sites (N-methyl/N-ethyl adjacent to an activating group) is 1. The van der Waals surface area contributed by atoms with Gasteiger partial charge in [-0.1, -0.05) is 0 Å². The minimum atomic E-state index is -0.135. The van der Waals surface area contributed by atoms with Crippen molar-refractivity contribution in [3.05, 3.63) is 47.8 Å². The fraction of sp³-hybridized carbons (Fsp3) is 0.385. The topological polar surface area (TPSA) is 98.8 Å². The van der Waals surface area contributed by atoms with Crippen molar-refractivity contribution in [1.29, 1.82) is 0 Å². The van der Waals surface area contributed by atoms with Crippen molar-refractivity contribution in [3.8, 4) is 5.75 Å². The molecule has 0 amide bonds. The highest BCUT2D eigenvalue weighted by atomic mass is 16.5. The van der Waals surface area contributed by atoms with Crippen LogP contribution in [0.1, 0.15) is 22.8 Å². The van der Waals surface area contributed by atoms with Crippen LogP contribution in [0, 0.1) is 6.92 Å². The average molecular weight is 491 g/mol. The number of hydrogen-bond donors (Lipinski definition) is 2. The lowest BCUT2D eigenvalue weighted by atomic mass is 10.1. The maximum absolute atomic E-state index is 12.3. The normalized spacial score (nSPS) is 13.9. The zero-order chi connectivity index (χ0) is 25.8. The molecule has 36 heavy (non-hydrogen) atoms. The zero-order valence-electron chi connectivity index (χ0n) is 21.8. The summed E-state index contributed by atoms with van der Waals surface area (Å²) in [4.78, 5) is 32.4. The van der Waals surface area contributed by atoms with Gasteiger partial charge in [0.25, 0.3) is 0 Å². The summed E-state index contributed by atoms with van der Waals surface area (Å²) in [5.41, 5.74) is 4.17. The van der Waals surface area contributed by atoms with Crippen molar-refractivity contribution < 1.29 is 9.53 Å². The van der Waals surface area contributed by atoms with Crippen LogP contribution < -0.4 is 25.2 Å². The molecule has 0 bridgehead atoms. The number of piperazine rings is 1. The van der Waals surface area contributed by atoms with Crippen LogP contribution in [-0.4, -0.2) is 80.1 Å². The van der Waals surface area contributed by atoms with Crippen LogP contribution in [0.2, 0.25) is 0 Å². The van der Waals surface area contributed by atoms with Gasteiger partial charge in [-0.25, -0.2) is 9.97 Å². The molecule has 1 fully saturated rings. The number of carbonyl (C=O) groups excluding carboxylic acids is 1. The standard InChI is InChI=1S/C26H34N8O2/c1-17-14-21(23(36-6)15-22(17)34-12-10-33(5)11-13-34)30-26-28-16-19(18(2)35)24(31-26)29-20-8-7-9-27-25(20)32(3)4/h7-9,14-16H,10-13H2,1-6H3,(H2,28,29,30,31). The second-order valence-corrected chi connectivity index (χ2v) is 9.16. The number of nitrogens with one attached hydrogen (secondary N) is 2. The van der Waals surface area contributed by atoms with Crippen molar-refractivity contribution in [2.45, 2.75) is 13.8 Å². The molecule has 0 atom stereocenters. The van der Waals surface area contributed by atoms with Gasteiger partial charge in [-0.2, -0.15) is 4.98 Å². The van der Waals surface area contributed by atoms with Crippen molar-refractivity contribution >= 4 is 40.4 Å². The largest absolute Gasteiger partial charge is 0.494 e. The van der Waals surface area contributed by atoms with Gasteiger partial charge in [0.1, 0.15) is 11.6 Å². The number of aromatic nitrogens is 3. The van der Waals surface area contributed by atoms with Crippen LogP contribution >= 0.6 is 0 Å². The Labute approximate surface area is 212 Å². The molecule has 3 aromatic rings. The summed E-state index contributed by atoms with van der Waals surface area (Å²) in [5.74, 6) is 2.05. The zero-order valence-corrected chi connectivity index (χ0v) is 21.8. The molecule has 0 spiro atoms. The van der Waals surface area contributed by atoms with Crippen molar-refractivity contribution in [2.75, 3.05) is 74.9 Å². The van der Waals surface area contributed by atoms with Gasteiger partial charge in [0.2, 0.25) is 5.95 Å². The first-order valence-electron chi connectivity index (χ1n) is 11.9. The summed E-state index contributed by atoms with van der Waals surface area (Å²) >= 11 is 0. The lowest BCUT2D eigenvalue weighted by Gasteiger charge is -2.35. The van der Waals surface area contributed by atoms with Gasteiger partial charge in [0.15, 0.2) is 11.6 Å². The quantitative estimate of drug-likeness (QED) is 0.455. The summed E-state index contributed by atoms with van der Waals surface area (Å²) in [5, 5.41) is 6.55. The third kappa shape index (κ3) is 5.49. The minimum Gasteiger partial charge on any atom is -0.494 e. The Bertz CT molecular complexity index is 1240. The predicted molar refractivity (Wildman–Crippen MR) is 145 cm³/mol. The molecule has 1 aliphatic rings. The van der Waals surface area contributed by atoms with E-state index in [0.717, 1.165) is 54.6 Å². The molecule has 0 aliphatic carbocycles. The molecule has 0 unspecified atom stereocenters. The van der Waals surface area contributed by atoms with E-state index in [9.17, 15) is 4.79 Å². The minimum absolute atomic E-state index is 0.135. The van der Waals surface area contributed by atoms with Crippen LogP contribution in [0.5, 0.6) is 5.75 Å². The van der Waals surface area contributed by atoms with Crippen LogP contribution in [0.25, 0.3) is 0 Å². The van der Waals surface area contributed by atoms with E-state index >= 15 is 0 Å². The molecule has 190 valence electrons. The molecule has 1 aromatic carbocycles. The molecule has 3 heterocycles. The molecule has 0 saturated carbocycles. The Morgan fingerprint density at radius 2 is 1.83 bits per heavy atom. The molecule has 2 aromatic heterocycles. The number of hydrogen-bond acceptors (Lipinski definition) is 10. The van der Waals surface area contributed by atoms with Gasteiger partial charge in [-0.3, -0.25) is 4.79 Å². The highest BCUT2D eigenvalue weighted by molar-refractivity contribution is 5.99. The molecular weight excluding hydrogens is 456 g/mol. The maximum Gasteiger partial charge on any atom is 0.229 e. The SMILES string of the molecule is COc1cc(N2CCN(C)CC2)c(C)cc1Nc1ncc(C(C)=O)c(Nc2cccnc2N(C)C)n1. The summed E-state index contributed by atoms with van der Waals surface area (Å²) in [7, 11) is 7.62. The van der Waals surface area contributed by atoms with E-state index in [-0.39, 0.29) is 5.78 Å². The molecule has 1 aliphatic heterocycles. The summed E-state index contributed by atoms with van der Waals surface area (Å²) in [6, 6.07) is 7.84. The van der Waals surface area contributed by atoms with Crippen LogP contribution in [0.15, 0.2) is 36.7 Å². The average Bonchev–Trinajstić information content (AvgIpc) is 2.85. The van der Waals surface area contributed by atoms with Crippen molar-refractivity contribution in [1.82, 2.24) is 19.9 Å². The maximum atomic E-state index is 12.3. The van der Waals surface area contributed by atoms with Crippen LogP contribution in [0.3, 0.4) is 0 Å². The smallest absolute Gasteiger partial charge is 0.229 e. The highest BCUT2D eigenvalue weighted by Crippen LogP contribution is 2.35. The van der Waals surface area contributed by atoms with E-state index in [0.29, 0.717) is 23.1 Å². The number of Topliss-reactive ketones (excluding diaryl/α,β-unsaturated/α-hetero) is 1. The Balaban J connectivity index is 1.64. The number of benzene rings is 1. The van der Waals surface area contributed by atoms with Gasteiger partial charge in [0, 0.05) is 64.4 Å². The summed E-state index contributed by atoms with van der Waals surface area (Å²) in [6.45, 7) is 7.59.